The molecule has 0 saturated carbocycles. The van der Waals surface area contributed by atoms with E-state index in [1.54, 1.807) is 6.07 Å². The average molecular weight is 517 g/mol. The topological polar surface area (TPSA) is 119 Å². The van der Waals surface area contributed by atoms with E-state index in [1.807, 2.05) is 73.8 Å². The van der Waals surface area contributed by atoms with Crippen molar-refractivity contribution >= 4 is 33.8 Å². The Morgan fingerprint density at radius 3 is 2.42 bits per heavy atom. The Kier molecular flexibility index (Phi) is 6.57. The Balaban J connectivity index is 1.76. The third-order valence-corrected chi connectivity index (χ3v) is 7.53. The van der Waals surface area contributed by atoms with Crippen LogP contribution in [-0.2, 0) is 0 Å². The number of allylic oxidation sites excluding steroid dienone is 2. The summed E-state index contributed by atoms with van der Waals surface area (Å²) in [6, 6.07) is 27.1. The molecule has 3 N–H and O–H groups in total. The molecule has 1 aliphatic heterocycles. The van der Waals surface area contributed by atoms with Crippen molar-refractivity contribution in [3.63, 3.8) is 0 Å². The molecular weight excluding hydrogens is 492 g/mol. The van der Waals surface area contributed by atoms with Crippen LogP contribution in [0.1, 0.15) is 11.5 Å². The number of aromatic hydroxyl groups is 1. The van der Waals surface area contributed by atoms with Crippen molar-refractivity contribution in [2.75, 3.05) is 25.5 Å². The maximum absolute atomic E-state index is 11.2. The summed E-state index contributed by atoms with van der Waals surface area (Å²) < 4.78 is 0. The third kappa shape index (κ3) is 4.05. The monoisotopic (exact) mass is 516 g/mol. The Morgan fingerprint density at radius 2 is 1.71 bits per heavy atom. The molecule has 7 nitrogen and oxygen atoms in total. The Bertz CT molecular complexity index is 1610. The summed E-state index contributed by atoms with van der Waals surface area (Å²) in [6.07, 6.45) is 1.97. The van der Waals surface area contributed by atoms with Crippen LogP contribution in [0.3, 0.4) is 0 Å². The Labute approximate surface area is 226 Å². The SMILES string of the molecule is CN1CC=C2C(C#N)=C(NC(=S)Nc3ccccc3)C(C#N)(C#N)[C@@H](c3c(O)ccc4ccccc34)[C@@H]2C1. The molecule has 2 aliphatic rings. The maximum atomic E-state index is 11.2. The van der Waals surface area contributed by atoms with Gasteiger partial charge in [0.05, 0.1) is 23.4 Å². The number of rotatable bonds is 3. The summed E-state index contributed by atoms with van der Waals surface area (Å²) in [5.41, 5.74) is 0.501. The molecule has 8 heteroatoms. The number of thiocarbonyl (C=S) groups is 1. The second kappa shape index (κ2) is 10.00. The number of nitrogens with one attached hydrogen (secondary N) is 2. The van der Waals surface area contributed by atoms with Gasteiger partial charge in [0.25, 0.3) is 0 Å². The number of nitriles is 3. The van der Waals surface area contributed by atoms with E-state index in [0.717, 1.165) is 22.0 Å². The molecule has 1 aliphatic carbocycles. The Morgan fingerprint density at radius 1 is 1.00 bits per heavy atom. The van der Waals surface area contributed by atoms with Gasteiger partial charge in [-0.25, -0.2) is 0 Å². The van der Waals surface area contributed by atoms with Crippen LogP contribution in [0.15, 0.2) is 89.6 Å². The predicted octanol–water partition coefficient (Wildman–Crippen LogP) is 4.93. The lowest BCUT2D eigenvalue weighted by atomic mass is 9.57. The van der Waals surface area contributed by atoms with E-state index in [-0.39, 0.29) is 28.0 Å². The highest BCUT2D eigenvalue weighted by Crippen LogP contribution is 2.57. The van der Waals surface area contributed by atoms with Crippen LogP contribution in [0.25, 0.3) is 10.8 Å². The van der Waals surface area contributed by atoms with Crippen molar-refractivity contribution in [2.24, 2.45) is 11.3 Å². The summed E-state index contributed by atoms with van der Waals surface area (Å²) in [4.78, 5) is 2.08. The fourth-order valence-corrected chi connectivity index (χ4v) is 5.89. The molecule has 2 atom stereocenters. The number of hydrogen-bond donors (Lipinski definition) is 3. The van der Waals surface area contributed by atoms with Gasteiger partial charge in [0.2, 0.25) is 0 Å². The number of anilines is 1. The molecule has 38 heavy (non-hydrogen) atoms. The fraction of sp³-hybridized carbons (Fsp3) is 0.200. The molecule has 3 aromatic carbocycles. The van der Waals surface area contributed by atoms with Gasteiger partial charge in [0, 0.05) is 36.2 Å². The highest BCUT2D eigenvalue weighted by molar-refractivity contribution is 7.80. The van der Waals surface area contributed by atoms with Crippen molar-refractivity contribution in [1.82, 2.24) is 10.2 Å². The first-order valence-electron chi connectivity index (χ1n) is 12.1. The normalized spacial score (nSPS) is 20.3. The molecule has 5 rings (SSSR count). The number of phenolic OH excluding ortho intramolecular Hbond substituents is 1. The number of fused-ring (bicyclic) bond motifs is 2. The van der Waals surface area contributed by atoms with Crippen LogP contribution in [-0.4, -0.2) is 35.3 Å². The molecule has 0 spiro atoms. The first-order chi connectivity index (χ1) is 18.4. The third-order valence-electron chi connectivity index (χ3n) is 7.33. The van der Waals surface area contributed by atoms with Crippen LogP contribution < -0.4 is 10.6 Å². The number of para-hydroxylation sites is 1. The predicted molar refractivity (Wildman–Crippen MR) is 150 cm³/mol. The van der Waals surface area contributed by atoms with Crippen LogP contribution in [0.2, 0.25) is 0 Å². The van der Waals surface area contributed by atoms with Gasteiger partial charge in [-0.2, -0.15) is 15.8 Å². The highest BCUT2D eigenvalue weighted by atomic mass is 32.1. The second-order valence-electron chi connectivity index (χ2n) is 9.52. The van der Waals surface area contributed by atoms with Crippen molar-refractivity contribution < 1.29 is 5.11 Å². The van der Waals surface area contributed by atoms with E-state index < -0.39 is 11.3 Å². The molecule has 0 aromatic heterocycles. The lowest BCUT2D eigenvalue weighted by Crippen LogP contribution is -2.49. The number of phenols is 1. The molecule has 3 aromatic rings. The lowest BCUT2D eigenvalue weighted by molar-refractivity contribution is 0.234. The van der Waals surface area contributed by atoms with Crippen LogP contribution >= 0.6 is 12.2 Å². The van der Waals surface area contributed by atoms with Crippen LogP contribution in [0, 0.1) is 45.3 Å². The zero-order chi connectivity index (χ0) is 26.9. The molecular formula is C30H24N6OS. The molecule has 186 valence electrons. The molecule has 0 unspecified atom stereocenters. The number of hydrogen-bond acceptors (Lipinski definition) is 6. The van der Waals surface area contributed by atoms with Gasteiger partial charge >= 0.3 is 0 Å². The number of nitrogens with zero attached hydrogens (tertiary/aromatic N) is 4. The van der Waals surface area contributed by atoms with Gasteiger partial charge in [-0.05, 0) is 53.8 Å². The summed E-state index contributed by atoms with van der Waals surface area (Å²) in [7, 11) is 1.95. The van der Waals surface area contributed by atoms with E-state index in [2.05, 4.69) is 33.7 Å². The first-order valence-corrected chi connectivity index (χ1v) is 12.5. The van der Waals surface area contributed by atoms with Gasteiger partial charge < -0.3 is 20.6 Å². The zero-order valence-corrected chi connectivity index (χ0v) is 21.5. The standard InChI is InChI=1S/C30H24N6OS/c1-36-14-13-22-23(15-31)28(35-29(38)34-20-8-3-2-4-9-20)30(17-32,18-33)27(24(22)16-36)26-21-10-6-5-7-19(21)11-12-25(26)37/h2-13,24,27,37H,14,16H2,1H3,(H2,34,35,38)/t24-,27-/m1/s1. The van der Waals surface area contributed by atoms with Crippen LogP contribution in [0.5, 0.6) is 5.75 Å². The second-order valence-corrected chi connectivity index (χ2v) is 9.93. The molecule has 0 saturated heterocycles. The number of benzene rings is 3. The first kappa shape index (κ1) is 25.0. The minimum atomic E-state index is -1.84. The Hall–Kier alpha value is -4.68. The minimum absolute atomic E-state index is 0.000830. The molecule has 0 bridgehead atoms. The smallest absolute Gasteiger partial charge is 0.192 e. The van der Waals surface area contributed by atoms with Crippen molar-refractivity contribution in [3.8, 4) is 24.0 Å². The summed E-state index contributed by atoms with van der Waals surface area (Å²) in [5.74, 6) is -1.17. The minimum Gasteiger partial charge on any atom is -0.508 e. The van der Waals surface area contributed by atoms with Gasteiger partial charge in [-0.3, -0.25) is 0 Å². The van der Waals surface area contributed by atoms with E-state index in [9.17, 15) is 20.9 Å². The van der Waals surface area contributed by atoms with E-state index in [1.165, 1.54) is 0 Å². The quantitative estimate of drug-likeness (QED) is 0.420. The van der Waals surface area contributed by atoms with E-state index in [4.69, 9.17) is 12.2 Å². The van der Waals surface area contributed by atoms with Crippen molar-refractivity contribution in [1.29, 1.82) is 15.8 Å². The van der Waals surface area contributed by atoms with Gasteiger partial charge in [0.1, 0.15) is 11.8 Å². The average Bonchev–Trinajstić information content (AvgIpc) is 2.93. The molecule has 0 radical (unpaired) electrons. The molecule has 0 fully saturated rings. The van der Waals surface area contributed by atoms with Crippen LogP contribution in [0.4, 0.5) is 5.69 Å². The van der Waals surface area contributed by atoms with Gasteiger partial charge in [-0.15, -0.1) is 0 Å². The molecule has 0 amide bonds. The highest BCUT2D eigenvalue weighted by Gasteiger charge is 2.56. The fourth-order valence-electron chi connectivity index (χ4n) is 5.67. The van der Waals surface area contributed by atoms with E-state index in [0.29, 0.717) is 18.7 Å². The maximum Gasteiger partial charge on any atom is 0.192 e. The zero-order valence-electron chi connectivity index (χ0n) is 20.6. The summed E-state index contributed by atoms with van der Waals surface area (Å²) >= 11 is 5.58. The lowest BCUT2D eigenvalue weighted by Gasteiger charge is -2.46. The van der Waals surface area contributed by atoms with E-state index >= 15 is 0 Å². The molecule has 1 heterocycles. The summed E-state index contributed by atoms with van der Waals surface area (Å²) in [6.45, 7) is 1.12. The van der Waals surface area contributed by atoms with Crippen molar-refractivity contribution in [2.45, 2.75) is 5.92 Å². The summed E-state index contributed by atoms with van der Waals surface area (Å²) in [5, 5.41) is 51.0. The van der Waals surface area contributed by atoms with Crippen molar-refractivity contribution in [3.05, 3.63) is 95.2 Å². The van der Waals surface area contributed by atoms with Gasteiger partial charge in [0.15, 0.2) is 10.5 Å². The largest absolute Gasteiger partial charge is 0.508 e. The van der Waals surface area contributed by atoms with Gasteiger partial charge in [-0.1, -0.05) is 54.6 Å². The number of likely N-dealkylation sites (N-methyl/N-ethyl adjacent to an activating group) is 1.